The van der Waals surface area contributed by atoms with Gasteiger partial charge in [0.05, 0.1) is 21.3 Å². The Hall–Kier alpha value is -5.00. The zero-order chi connectivity index (χ0) is 25.5. The fourth-order valence-corrected chi connectivity index (χ4v) is 6.98. The van der Waals surface area contributed by atoms with E-state index in [9.17, 15) is 0 Å². The zero-order valence-electron chi connectivity index (χ0n) is 20.6. The molecule has 0 unspecified atom stereocenters. The van der Waals surface area contributed by atoms with Crippen LogP contribution in [0.25, 0.3) is 81.3 Å². The molecule has 9 aromatic rings. The molecular weight excluding hydrogens is 498 g/mol. The van der Waals surface area contributed by atoms with E-state index in [1.54, 1.807) is 11.3 Å². The number of para-hydroxylation sites is 2. The van der Waals surface area contributed by atoms with Gasteiger partial charge in [-0.2, -0.15) is 0 Å². The van der Waals surface area contributed by atoms with E-state index in [2.05, 4.69) is 89.5 Å². The molecule has 5 heteroatoms. The van der Waals surface area contributed by atoms with Crippen LogP contribution < -0.4 is 0 Å². The number of furan rings is 1. The molecule has 0 aliphatic rings. The number of benzene rings is 5. The summed E-state index contributed by atoms with van der Waals surface area (Å²) in [5.41, 5.74) is 6.00. The highest BCUT2D eigenvalue weighted by molar-refractivity contribution is 7.26. The lowest BCUT2D eigenvalue weighted by atomic mass is 10.1. The van der Waals surface area contributed by atoms with Crippen molar-refractivity contribution < 1.29 is 4.42 Å². The normalized spacial score (nSPS) is 12.1. The average molecular weight is 518 g/mol. The summed E-state index contributed by atoms with van der Waals surface area (Å²) in [5.74, 6) is 1.63. The minimum absolute atomic E-state index is 0.724. The van der Waals surface area contributed by atoms with Gasteiger partial charge in [0, 0.05) is 37.2 Å². The van der Waals surface area contributed by atoms with Crippen LogP contribution in [-0.2, 0) is 0 Å². The van der Waals surface area contributed by atoms with E-state index < -0.39 is 0 Å². The summed E-state index contributed by atoms with van der Waals surface area (Å²) >= 11 is 1.75. The molecule has 0 amide bonds. The van der Waals surface area contributed by atoms with E-state index in [0.29, 0.717) is 0 Å². The summed E-state index contributed by atoms with van der Waals surface area (Å²) in [6.45, 7) is 0. The Morgan fingerprint density at radius 2 is 1.31 bits per heavy atom. The monoisotopic (exact) mass is 517 g/mol. The molecule has 0 radical (unpaired) electrons. The molecule has 0 aliphatic carbocycles. The summed E-state index contributed by atoms with van der Waals surface area (Å²) < 4.78 is 10.9. The Bertz CT molecular complexity index is 2400. The second kappa shape index (κ2) is 7.76. The first-order valence-electron chi connectivity index (χ1n) is 12.9. The SMILES string of the molecule is c1ccc(-c2nc(-n3c4ccccc4c4cc5oc6ccccc6c5cc43)c3sc4ccccc4c3n2)cc1. The van der Waals surface area contributed by atoms with Crippen LogP contribution in [0.15, 0.2) is 120 Å². The van der Waals surface area contributed by atoms with Crippen molar-refractivity contribution in [2.75, 3.05) is 0 Å². The van der Waals surface area contributed by atoms with Crippen molar-refractivity contribution in [1.82, 2.24) is 14.5 Å². The number of thiophene rings is 1. The largest absolute Gasteiger partial charge is 0.456 e. The minimum atomic E-state index is 0.724. The van der Waals surface area contributed by atoms with E-state index in [1.165, 1.54) is 10.1 Å². The van der Waals surface area contributed by atoms with Gasteiger partial charge in [-0.1, -0.05) is 84.9 Å². The third kappa shape index (κ3) is 2.93. The second-order valence-corrected chi connectivity index (χ2v) is 10.9. The fourth-order valence-electron chi connectivity index (χ4n) is 5.86. The van der Waals surface area contributed by atoms with Crippen molar-refractivity contribution in [3.05, 3.63) is 115 Å². The number of aromatic nitrogens is 3. The highest BCUT2D eigenvalue weighted by atomic mass is 32.1. The molecule has 0 saturated carbocycles. The maximum Gasteiger partial charge on any atom is 0.162 e. The van der Waals surface area contributed by atoms with Crippen LogP contribution in [0, 0.1) is 0 Å². The molecule has 39 heavy (non-hydrogen) atoms. The van der Waals surface area contributed by atoms with Gasteiger partial charge in [0.15, 0.2) is 11.6 Å². The Balaban J connectivity index is 1.48. The molecule has 0 bridgehead atoms. The smallest absolute Gasteiger partial charge is 0.162 e. The van der Waals surface area contributed by atoms with Crippen LogP contribution in [0.5, 0.6) is 0 Å². The Morgan fingerprint density at radius 3 is 2.21 bits per heavy atom. The predicted octanol–water partition coefficient (Wildman–Crippen LogP) is 9.51. The topological polar surface area (TPSA) is 43.9 Å². The van der Waals surface area contributed by atoms with E-state index in [0.717, 1.165) is 71.2 Å². The third-order valence-corrected chi connectivity index (χ3v) is 8.77. The number of hydrogen-bond donors (Lipinski definition) is 0. The summed E-state index contributed by atoms with van der Waals surface area (Å²) in [6, 6.07) is 40.0. The molecule has 0 aliphatic heterocycles. The van der Waals surface area contributed by atoms with Gasteiger partial charge in [-0.25, -0.2) is 9.97 Å². The van der Waals surface area contributed by atoms with E-state index in [-0.39, 0.29) is 0 Å². The Labute approximate surface area is 226 Å². The number of hydrogen-bond acceptors (Lipinski definition) is 4. The average Bonchev–Trinajstić information content (AvgIpc) is 3.65. The van der Waals surface area contributed by atoms with Gasteiger partial charge < -0.3 is 4.42 Å². The van der Waals surface area contributed by atoms with Gasteiger partial charge in [-0.05, 0) is 30.3 Å². The molecule has 0 fully saturated rings. The highest BCUT2D eigenvalue weighted by Crippen LogP contribution is 2.42. The first-order valence-corrected chi connectivity index (χ1v) is 13.7. The van der Waals surface area contributed by atoms with Crippen molar-refractivity contribution in [2.24, 2.45) is 0 Å². The molecule has 4 heterocycles. The Morgan fingerprint density at radius 1 is 0.564 bits per heavy atom. The van der Waals surface area contributed by atoms with Crippen LogP contribution in [0.1, 0.15) is 0 Å². The maximum absolute atomic E-state index is 6.28. The van der Waals surface area contributed by atoms with Gasteiger partial charge in [0.1, 0.15) is 11.2 Å². The zero-order valence-corrected chi connectivity index (χ0v) is 21.4. The summed E-state index contributed by atoms with van der Waals surface area (Å²) in [5, 5.41) is 5.69. The summed E-state index contributed by atoms with van der Waals surface area (Å²) in [4.78, 5) is 10.4. The van der Waals surface area contributed by atoms with Crippen LogP contribution in [0.2, 0.25) is 0 Å². The molecule has 0 atom stereocenters. The maximum atomic E-state index is 6.28. The van der Waals surface area contributed by atoms with Gasteiger partial charge in [0.2, 0.25) is 0 Å². The number of fused-ring (bicyclic) bond motifs is 9. The van der Waals surface area contributed by atoms with Gasteiger partial charge in [-0.3, -0.25) is 4.57 Å². The van der Waals surface area contributed by atoms with Crippen molar-refractivity contribution in [3.8, 4) is 17.2 Å². The van der Waals surface area contributed by atoms with Crippen LogP contribution >= 0.6 is 11.3 Å². The van der Waals surface area contributed by atoms with Gasteiger partial charge in [0.25, 0.3) is 0 Å². The molecule has 5 aromatic carbocycles. The third-order valence-electron chi connectivity index (χ3n) is 7.62. The number of nitrogens with zero attached hydrogens (tertiary/aromatic N) is 3. The summed E-state index contributed by atoms with van der Waals surface area (Å²) in [6.07, 6.45) is 0. The molecule has 9 rings (SSSR count). The minimum Gasteiger partial charge on any atom is -0.456 e. The lowest BCUT2D eigenvalue weighted by molar-refractivity contribution is 0.669. The summed E-state index contributed by atoms with van der Waals surface area (Å²) in [7, 11) is 0. The van der Waals surface area contributed by atoms with E-state index in [1.807, 2.05) is 30.3 Å². The molecule has 0 saturated heterocycles. The molecule has 0 spiro atoms. The lowest BCUT2D eigenvalue weighted by Crippen LogP contribution is -2.01. The van der Waals surface area contributed by atoms with Crippen molar-refractivity contribution in [1.29, 1.82) is 0 Å². The Kier molecular flexibility index (Phi) is 4.18. The second-order valence-electron chi connectivity index (χ2n) is 9.83. The lowest BCUT2D eigenvalue weighted by Gasteiger charge is -2.10. The molecule has 4 nitrogen and oxygen atoms in total. The van der Waals surface area contributed by atoms with Gasteiger partial charge >= 0.3 is 0 Å². The van der Waals surface area contributed by atoms with E-state index >= 15 is 0 Å². The van der Waals surface area contributed by atoms with E-state index in [4.69, 9.17) is 14.4 Å². The van der Waals surface area contributed by atoms with Crippen molar-refractivity contribution in [2.45, 2.75) is 0 Å². The number of rotatable bonds is 2. The first-order chi connectivity index (χ1) is 19.3. The predicted molar refractivity (Wildman–Crippen MR) is 162 cm³/mol. The van der Waals surface area contributed by atoms with Crippen LogP contribution in [0.3, 0.4) is 0 Å². The van der Waals surface area contributed by atoms with Crippen LogP contribution in [-0.4, -0.2) is 14.5 Å². The quantitative estimate of drug-likeness (QED) is 0.229. The van der Waals surface area contributed by atoms with Crippen molar-refractivity contribution in [3.63, 3.8) is 0 Å². The van der Waals surface area contributed by atoms with Gasteiger partial charge in [-0.15, -0.1) is 11.3 Å². The fraction of sp³-hybridized carbons (Fsp3) is 0. The first kappa shape index (κ1) is 21.0. The standard InChI is InChI=1S/C34H19N3OS/c1-2-10-20(11-3-1)33-35-31-23-14-6-9-17-30(23)39-32(31)34(36-33)37-26-15-7-4-12-21(26)24-19-29-25(18-27(24)37)22-13-5-8-16-28(22)38-29/h1-19H. The highest BCUT2D eigenvalue weighted by Gasteiger charge is 2.21. The van der Waals surface area contributed by atoms with Crippen LogP contribution in [0.4, 0.5) is 0 Å². The molecule has 182 valence electrons. The molecule has 0 N–H and O–H groups in total. The van der Waals surface area contributed by atoms with Crippen molar-refractivity contribution >= 4 is 75.4 Å². The molecule has 4 aromatic heterocycles. The molecular formula is C34H19N3OS.